The van der Waals surface area contributed by atoms with Crippen LogP contribution in [0.3, 0.4) is 0 Å². The summed E-state index contributed by atoms with van der Waals surface area (Å²) >= 11 is 1.59. The van der Waals surface area contributed by atoms with Crippen LogP contribution in [0, 0.1) is 11.7 Å². The molecule has 1 aliphatic rings. The van der Waals surface area contributed by atoms with Gasteiger partial charge in [-0.3, -0.25) is 0 Å². The zero-order chi connectivity index (χ0) is 13.8. The fraction of sp³-hybridized carbons (Fsp3) is 0.600. The Labute approximate surface area is 118 Å². The van der Waals surface area contributed by atoms with Crippen LogP contribution in [0.2, 0.25) is 0 Å². The van der Waals surface area contributed by atoms with Gasteiger partial charge in [-0.2, -0.15) is 0 Å². The highest BCUT2D eigenvalue weighted by molar-refractivity contribution is 7.99. The topological polar surface area (TPSA) is 32.3 Å². The molecule has 19 heavy (non-hydrogen) atoms. The van der Waals surface area contributed by atoms with Gasteiger partial charge in [0.05, 0.1) is 6.10 Å². The van der Waals surface area contributed by atoms with Crippen molar-refractivity contribution in [2.45, 2.75) is 43.7 Å². The maximum Gasteiger partial charge on any atom is 0.137 e. The molecule has 4 heteroatoms. The Morgan fingerprint density at radius 2 is 2.26 bits per heavy atom. The van der Waals surface area contributed by atoms with E-state index in [0.29, 0.717) is 12.5 Å². The van der Waals surface area contributed by atoms with E-state index < -0.39 is 0 Å². The second-order valence-electron chi connectivity index (χ2n) is 5.54. The van der Waals surface area contributed by atoms with Crippen molar-refractivity contribution in [3.63, 3.8) is 0 Å². The number of nitrogens with one attached hydrogen (secondary N) is 1. The van der Waals surface area contributed by atoms with E-state index in [0.717, 1.165) is 29.1 Å². The number of halogens is 1. The van der Waals surface area contributed by atoms with Crippen molar-refractivity contribution in [2.75, 3.05) is 12.3 Å². The second-order valence-corrected chi connectivity index (χ2v) is 6.64. The molecule has 2 nitrogen and oxygen atoms in total. The lowest BCUT2D eigenvalue weighted by atomic mass is 10.0. The van der Waals surface area contributed by atoms with Gasteiger partial charge in [0.25, 0.3) is 0 Å². The quantitative estimate of drug-likeness (QED) is 0.869. The summed E-state index contributed by atoms with van der Waals surface area (Å²) < 4.78 is 13.7. The van der Waals surface area contributed by atoms with Gasteiger partial charge in [0, 0.05) is 17.5 Å². The average Bonchev–Trinajstić information content (AvgIpc) is 2.36. The van der Waals surface area contributed by atoms with Crippen molar-refractivity contribution in [2.24, 2.45) is 5.92 Å². The summed E-state index contributed by atoms with van der Waals surface area (Å²) in [4.78, 5) is 0.768. The SMILES string of the molecule is CC(C)CC(O)CNC1CCSc2c(F)cccc21. The van der Waals surface area contributed by atoms with Crippen molar-refractivity contribution in [1.29, 1.82) is 0 Å². The smallest absolute Gasteiger partial charge is 0.137 e. The van der Waals surface area contributed by atoms with E-state index >= 15 is 0 Å². The van der Waals surface area contributed by atoms with E-state index in [-0.39, 0.29) is 18.0 Å². The molecule has 0 saturated heterocycles. The predicted molar refractivity (Wildman–Crippen MR) is 77.9 cm³/mol. The zero-order valence-corrected chi connectivity index (χ0v) is 12.3. The molecule has 0 spiro atoms. The third kappa shape index (κ3) is 3.94. The van der Waals surface area contributed by atoms with Crippen molar-refractivity contribution in [1.82, 2.24) is 5.32 Å². The van der Waals surface area contributed by atoms with Crippen molar-refractivity contribution >= 4 is 11.8 Å². The summed E-state index contributed by atoms with van der Waals surface area (Å²) in [5.74, 6) is 1.28. The van der Waals surface area contributed by atoms with Crippen LogP contribution in [0.25, 0.3) is 0 Å². The van der Waals surface area contributed by atoms with Crippen LogP contribution in [0.4, 0.5) is 4.39 Å². The third-order valence-electron chi connectivity index (χ3n) is 3.37. The minimum Gasteiger partial charge on any atom is -0.392 e. The Morgan fingerprint density at radius 1 is 1.47 bits per heavy atom. The lowest BCUT2D eigenvalue weighted by Gasteiger charge is -2.27. The first-order chi connectivity index (χ1) is 9.08. The monoisotopic (exact) mass is 283 g/mol. The van der Waals surface area contributed by atoms with E-state index in [4.69, 9.17) is 0 Å². The predicted octanol–water partition coefficient (Wildman–Crippen LogP) is 3.36. The number of fused-ring (bicyclic) bond motifs is 1. The van der Waals surface area contributed by atoms with Gasteiger partial charge in [-0.15, -0.1) is 11.8 Å². The number of aliphatic hydroxyl groups is 1. The van der Waals surface area contributed by atoms with Gasteiger partial charge in [0.1, 0.15) is 5.82 Å². The summed E-state index contributed by atoms with van der Waals surface area (Å²) in [6.45, 7) is 4.78. The Kier molecular flexibility index (Phi) is 5.25. The normalized spacial score (nSPS) is 20.4. The Balaban J connectivity index is 1.98. The molecule has 1 aromatic carbocycles. The summed E-state index contributed by atoms with van der Waals surface area (Å²) in [5, 5.41) is 13.3. The molecule has 0 saturated carbocycles. The zero-order valence-electron chi connectivity index (χ0n) is 11.5. The molecule has 2 rings (SSSR count). The van der Waals surface area contributed by atoms with E-state index in [9.17, 15) is 9.50 Å². The van der Waals surface area contributed by atoms with Gasteiger partial charge in [0.15, 0.2) is 0 Å². The van der Waals surface area contributed by atoms with Crippen LogP contribution in [-0.2, 0) is 0 Å². The third-order valence-corrected chi connectivity index (χ3v) is 4.53. The Bertz CT molecular complexity index is 425. The van der Waals surface area contributed by atoms with Gasteiger partial charge in [-0.1, -0.05) is 26.0 Å². The molecule has 0 amide bonds. The van der Waals surface area contributed by atoms with Crippen LogP contribution in [0.15, 0.2) is 23.1 Å². The van der Waals surface area contributed by atoms with Gasteiger partial charge in [-0.25, -0.2) is 4.39 Å². The number of hydrogen-bond acceptors (Lipinski definition) is 3. The van der Waals surface area contributed by atoms with Crippen LogP contribution in [0.5, 0.6) is 0 Å². The highest BCUT2D eigenvalue weighted by Crippen LogP contribution is 2.37. The fourth-order valence-electron chi connectivity index (χ4n) is 2.50. The van der Waals surface area contributed by atoms with Gasteiger partial charge in [-0.05, 0) is 36.1 Å². The Hall–Kier alpha value is -0.580. The van der Waals surface area contributed by atoms with Crippen molar-refractivity contribution in [3.05, 3.63) is 29.6 Å². The molecule has 2 N–H and O–H groups in total. The molecule has 1 heterocycles. The molecular weight excluding hydrogens is 261 g/mol. The van der Waals surface area contributed by atoms with E-state index in [1.807, 2.05) is 6.07 Å². The molecule has 2 unspecified atom stereocenters. The van der Waals surface area contributed by atoms with E-state index in [1.54, 1.807) is 17.8 Å². The van der Waals surface area contributed by atoms with Crippen LogP contribution in [0.1, 0.15) is 38.3 Å². The average molecular weight is 283 g/mol. The highest BCUT2D eigenvalue weighted by atomic mass is 32.2. The molecule has 1 aromatic rings. The summed E-state index contributed by atoms with van der Waals surface area (Å²) in [7, 11) is 0. The highest BCUT2D eigenvalue weighted by Gasteiger charge is 2.23. The van der Waals surface area contributed by atoms with E-state index in [2.05, 4.69) is 19.2 Å². The maximum atomic E-state index is 13.7. The minimum atomic E-state index is -0.327. The number of rotatable bonds is 5. The lowest BCUT2D eigenvalue weighted by molar-refractivity contribution is 0.142. The molecule has 0 aliphatic carbocycles. The largest absolute Gasteiger partial charge is 0.392 e. The van der Waals surface area contributed by atoms with Crippen LogP contribution < -0.4 is 5.32 Å². The summed E-state index contributed by atoms with van der Waals surface area (Å²) in [6, 6.07) is 5.42. The first kappa shape index (κ1) is 14.8. The first-order valence-corrected chi connectivity index (χ1v) is 7.89. The van der Waals surface area contributed by atoms with Crippen molar-refractivity contribution < 1.29 is 9.50 Å². The standard InChI is InChI=1S/C15H22FNOS/c1-10(2)8-11(18)9-17-14-6-7-19-15-12(14)4-3-5-13(15)16/h3-5,10-11,14,17-18H,6-9H2,1-2H3. The van der Waals surface area contributed by atoms with Gasteiger partial charge >= 0.3 is 0 Å². The molecule has 1 aliphatic heterocycles. The van der Waals surface area contributed by atoms with E-state index in [1.165, 1.54) is 6.07 Å². The second kappa shape index (κ2) is 6.73. The number of aliphatic hydroxyl groups excluding tert-OH is 1. The molecule has 106 valence electrons. The molecule has 0 aromatic heterocycles. The molecule has 0 radical (unpaired) electrons. The number of thioether (sulfide) groups is 1. The number of hydrogen-bond donors (Lipinski definition) is 2. The van der Waals surface area contributed by atoms with Crippen LogP contribution in [-0.4, -0.2) is 23.5 Å². The molecule has 0 bridgehead atoms. The van der Waals surface area contributed by atoms with Gasteiger partial charge in [0.2, 0.25) is 0 Å². The maximum absolute atomic E-state index is 13.7. The fourth-order valence-corrected chi connectivity index (χ4v) is 3.64. The van der Waals surface area contributed by atoms with Crippen LogP contribution >= 0.6 is 11.8 Å². The lowest BCUT2D eigenvalue weighted by Crippen LogP contribution is -2.32. The number of benzene rings is 1. The molecule has 2 atom stereocenters. The summed E-state index contributed by atoms with van der Waals surface area (Å²) in [6.07, 6.45) is 1.45. The van der Waals surface area contributed by atoms with Gasteiger partial charge < -0.3 is 10.4 Å². The summed E-state index contributed by atoms with van der Waals surface area (Å²) in [5.41, 5.74) is 1.04. The molecule has 0 fully saturated rings. The minimum absolute atomic E-state index is 0.128. The first-order valence-electron chi connectivity index (χ1n) is 6.90. The van der Waals surface area contributed by atoms with Crippen molar-refractivity contribution in [3.8, 4) is 0 Å². The Morgan fingerprint density at radius 3 is 3.00 bits per heavy atom. The molecular formula is C15H22FNOS.